The van der Waals surface area contributed by atoms with Crippen LogP contribution < -0.4 is 4.74 Å². The summed E-state index contributed by atoms with van der Waals surface area (Å²) in [4.78, 5) is 82.1. The number of fused-ring (bicyclic) bond motifs is 3. The predicted octanol–water partition coefficient (Wildman–Crippen LogP) is 8.76. The monoisotopic (exact) mass is 1090 g/mol. The lowest BCUT2D eigenvalue weighted by atomic mass is 9.78. The molecule has 19 nitrogen and oxygen atoms in total. The number of piperidine rings is 1. The van der Waals surface area contributed by atoms with Crippen LogP contribution in [0.25, 0.3) is 0 Å². The van der Waals surface area contributed by atoms with E-state index in [1.165, 1.54) is 50.5 Å². The van der Waals surface area contributed by atoms with Gasteiger partial charge in [-0.15, -0.1) is 0 Å². The van der Waals surface area contributed by atoms with E-state index in [1.807, 2.05) is 78.0 Å². The molecule has 3 aliphatic heterocycles. The molecule has 0 radical (unpaired) electrons. The van der Waals surface area contributed by atoms with Gasteiger partial charge < -0.3 is 53.0 Å². The van der Waals surface area contributed by atoms with Gasteiger partial charge in [-0.3, -0.25) is 24.5 Å². The quantitative estimate of drug-likeness (QED) is 0.0555. The number of ether oxygens (including phenoxy) is 8. The fourth-order valence-electron chi connectivity index (χ4n) is 11.6. The first-order chi connectivity index (χ1) is 37.0. The maximum atomic E-state index is 14.7. The van der Waals surface area contributed by atoms with Gasteiger partial charge in [0.05, 0.1) is 29.3 Å². The van der Waals surface area contributed by atoms with Crippen molar-refractivity contribution in [1.29, 1.82) is 0 Å². The number of aliphatic hydroxyl groups excluding tert-OH is 1. The molecule has 19 heteroatoms. The Hall–Kier alpha value is -5.15. The second-order valence-corrected chi connectivity index (χ2v) is 22.2. The Morgan fingerprint density at radius 3 is 2.19 bits per heavy atom. The van der Waals surface area contributed by atoms with Crippen LogP contribution in [0.1, 0.15) is 126 Å². The van der Waals surface area contributed by atoms with Gasteiger partial charge in [0, 0.05) is 77.7 Å². The second-order valence-electron chi connectivity index (χ2n) is 22.2. The molecule has 0 unspecified atom stereocenters. The number of allylic oxidation sites excluding steroid dienone is 5. The summed E-state index contributed by atoms with van der Waals surface area (Å²) >= 11 is 0. The molecule has 0 spiro atoms. The van der Waals surface area contributed by atoms with Crippen LogP contribution in [0.5, 0.6) is 5.75 Å². The third kappa shape index (κ3) is 16.9. The van der Waals surface area contributed by atoms with Crippen LogP contribution in [0.4, 0.5) is 10.5 Å². The van der Waals surface area contributed by atoms with Crippen molar-refractivity contribution in [2.45, 2.75) is 186 Å². The Morgan fingerprint density at radius 1 is 0.833 bits per heavy atom. The highest BCUT2D eigenvalue weighted by Gasteiger charge is 2.53. The molecule has 2 bridgehead atoms. The second kappa shape index (κ2) is 29.9. The highest BCUT2D eigenvalue weighted by atomic mass is 16.7. The third-order valence-corrected chi connectivity index (χ3v) is 16.4. The highest BCUT2D eigenvalue weighted by molar-refractivity contribution is 6.39. The van der Waals surface area contributed by atoms with E-state index in [0.717, 1.165) is 5.57 Å². The number of ketones is 2. The van der Waals surface area contributed by atoms with Crippen molar-refractivity contribution < 1.29 is 77.0 Å². The SMILES string of the molecule is CO[C@H]1C[C@@H]2CC[C@@H](C)[C@@](O)(O2)C(=O)C(=O)N2CCCC[C@H]2C(=O)O[C@H]([C@H](C)C[C@@H]2CC[C@@H](OC(=O)Oc3ccc([N+](=O)[O-])cc3)[C@H](OC)C2)C[C@@H](O)[C@H](C)/C=C(\C)[C@@H](OC)[C@@H](OC)C(=O)[C@H](C)C[C@H](C)/C=C/C=C/C=C/1C. The number of esters is 1. The fraction of sp³-hybridized carbons (Fsp3) is 0.678. The molecule has 5 rings (SSSR count). The van der Waals surface area contributed by atoms with E-state index in [0.29, 0.717) is 69.8 Å². The number of methoxy groups -OCH3 is 4. The van der Waals surface area contributed by atoms with Crippen molar-refractivity contribution in [3.05, 3.63) is 82.0 Å². The Kier molecular flexibility index (Phi) is 24.4. The van der Waals surface area contributed by atoms with Gasteiger partial charge in [0.1, 0.15) is 36.2 Å². The minimum atomic E-state index is -2.46. The van der Waals surface area contributed by atoms with Crippen LogP contribution in [0.3, 0.4) is 0 Å². The topological polar surface area (TPSA) is 246 Å². The Labute approximate surface area is 460 Å². The van der Waals surface area contributed by atoms with E-state index >= 15 is 0 Å². The molecule has 1 aliphatic carbocycles. The van der Waals surface area contributed by atoms with Crippen LogP contribution in [0, 0.1) is 45.6 Å². The zero-order valence-electron chi connectivity index (χ0n) is 47.5. The standard InChI is InChI=1S/C59H86N2O17/c1-35-17-13-12-14-18-36(2)49(71-8)33-45-24-20-41(7)59(68,78-45)55(64)56(65)60-28-16-15-19-46(60)57(66)76-50(34-47(62)37(3)30-40(6)53(73-10)54(74-11)52(63)39(5)29-35)38(4)31-42-21-27-48(51(32-42)72-9)77-58(67)75-44-25-22-43(23-26-44)61(69)70/h12-14,17-18,22-23,25-26,30,35,37-39,41-42,45-51,53-54,62,68H,15-16,19-21,24,27-29,31-34H2,1-11H3/b14-12+,17-13+,36-18+,40-30+/t35-,37-,38-,39-,41-,42+,45+,46+,47-,48-,49+,50+,51-,53-,54+,59-/m1/s1. The minimum Gasteiger partial charge on any atom is -0.460 e. The van der Waals surface area contributed by atoms with Crippen LogP contribution in [-0.2, 0) is 52.3 Å². The van der Waals surface area contributed by atoms with Crippen molar-refractivity contribution in [2.24, 2.45) is 35.5 Å². The lowest BCUT2D eigenvalue weighted by Gasteiger charge is -2.43. The van der Waals surface area contributed by atoms with Crippen LogP contribution in [0.2, 0.25) is 0 Å². The zero-order chi connectivity index (χ0) is 57.4. The van der Waals surface area contributed by atoms with Crippen LogP contribution in [0.15, 0.2) is 71.9 Å². The Morgan fingerprint density at radius 2 is 1.54 bits per heavy atom. The molecule has 16 atom stereocenters. The van der Waals surface area contributed by atoms with Gasteiger partial charge >= 0.3 is 12.1 Å². The number of carbonyl (C=O) groups is 5. The van der Waals surface area contributed by atoms with E-state index in [-0.39, 0.29) is 60.3 Å². The van der Waals surface area contributed by atoms with Gasteiger partial charge in [0.2, 0.25) is 5.79 Å². The summed E-state index contributed by atoms with van der Waals surface area (Å²) in [5.74, 6) is -7.48. The van der Waals surface area contributed by atoms with Crippen LogP contribution >= 0.6 is 0 Å². The van der Waals surface area contributed by atoms with E-state index < -0.39 is 101 Å². The van der Waals surface area contributed by atoms with E-state index in [4.69, 9.17) is 37.9 Å². The van der Waals surface area contributed by atoms with Crippen LogP contribution in [-0.4, -0.2) is 145 Å². The molecule has 0 aromatic heterocycles. The first-order valence-electron chi connectivity index (χ1n) is 27.7. The van der Waals surface area contributed by atoms with Gasteiger partial charge in [0.25, 0.3) is 17.4 Å². The van der Waals surface area contributed by atoms with E-state index in [9.17, 15) is 44.3 Å². The molecular weight excluding hydrogens is 1010 g/mol. The van der Waals surface area contributed by atoms with Crippen molar-refractivity contribution >= 4 is 35.3 Å². The number of hydrogen-bond acceptors (Lipinski definition) is 17. The van der Waals surface area contributed by atoms with Crippen molar-refractivity contribution in [2.75, 3.05) is 35.0 Å². The first-order valence-corrected chi connectivity index (χ1v) is 27.7. The number of hydrogen-bond donors (Lipinski definition) is 2. The smallest absolute Gasteiger partial charge is 0.460 e. The summed E-state index contributed by atoms with van der Waals surface area (Å²) in [6.07, 6.45) is 9.46. The molecule has 434 valence electrons. The largest absolute Gasteiger partial charge is 0.514 e. The first kappa shape index (κ1) is 63.7. The summed E-state index contributed by atoms with van der Waals surface area (Å²) in [6.45, 7) is 13.1. The molecule has 3 heterocycles. The number of rotatable bonds is 10. The van der Waals surface area contributed by atoms with Crippen molar-refractivity contribution in [1.82, 2.24) is 4.90 Å². The maximum absolute atomic E-state index is 14.7. The van der Waals surface area contributed by atoms with Gasteiger partial charge in [0.15, 0.2) is 5.78 Å². The number of aliphatic hydroxyl groups is 2. The minimum absolute atomic E-state index is 0.0174. The summed E-state index contributed by atoms with van der Waals surface area (Å²) in [7, 11) is 6.07. The summed E-state index contributed by atoms with van der Waals surface area (Å²) in [5, 5.41) is 35.2. The Bertz CT molecular complexity index is 2320. The molecule has 1 aromatic carbocycles. The number of carbonyl (C=O) groups excluding carboxylic acids is 5. The molecule has 78 heavy (non-hydrogen) atoms. The molecule has 1 aromatic rings. The average Bonchev–Trinajstić information content (AvgIpc) is 3.46. The number of Topliss-reactive ketones (excluding diaryl/α,β-unsaturated/α-hetero) is 2. The van der Waals surface area contributed by atoms with E-state index in [1.54, 1.807) is 14.0 Å². The number of amides is 1. The molecule has 2 N–H and O–H groups in total. The molecule has 1 saturated carbocycles. The number of nitrogens with zero attached hydrogens (tertiary/aromatic N) is 2. The number of cyclic esters (lactones) is 1. The summed E-state index contributed by atoms with van der Waals surface area (Å²) < 4.78 is 47.0. The summed E-state index contributed by atoms with van der Waals surface area (Å²) in [6, 6.07) is 3.87. The maximum Gasteiger partial charge on any atom is 0.514 e. The normalized spacial score (nSPS) is 36.3. The molecule has 4 aliphatic rings. The molecular formula is C59H86N2O17. The molecule has 2 saturated heterocycles. The van der Waals surface area contributed by atoms with E-state index in [2.05, 4.69) is 0 Å². The number of nitro benzene ring substituents is 1. The lowest BCUT2D eigenvalue weighted by molar-refractivity contribution is -0.384. The zero-order valence-corrected chi connectivity index (χ0v) is 47.5. The van der Waals surface area contributed by atoms with Gasteiger partial charge in [-0.05, 0) is 119 Å². The number of non-ortho nitro benzene ring substituents is 1. The number of nitro groups is 1. The van der Waals surface area contributed by atoms with Crippen molar-refractivity contribution in [3.63, 3.8) is 0 Å². The highest BCUT2D eigenvalue weighted by Crippen LogP contribution is 2.39. The third-order valence-electron chi connectivity index (χ3n) is 16.4. The molecule has 1 amide bonds. The molecule has 3 fully saturated rings. The fourth-order valence-corrected chi connectivity index (χ4v) is 11.6. The summed E-state index contributed by atoms with van der Waals surface area (Å²) in [5.41, 5.74) is 1.37. The van der Waals surface area contributed by atoms with Crippen molar-refractivity contribution in [3.8, 4) is 5.75 Å². The van der Waals surface area contributed by atoms with Gasteiger partial charge in [-0.1, -0.05) is 71.1 Å². The predicted molar refractivity (Wildman–Crippen MR) is 289 cm³/mol. The Balaban J connectivity index is 1.43. The average molecular weight is 1100 g/mol. The number of benzene rings is 1. The van der Waals surface area contributed by atoms with Gasteiger partial charge in [-0.25, -0.2) is 9.59 Å². The lowest BCUT2D eigenvalue weighted by Crippen LogP contribution is -2.61. The van der Waals surface area contributed by atoms with Gasteiger partial charge in [-0.2, -0.15) is 0 Å².